The van der Waals surface area contributed by atoms with Crippen LogP contribution in [-0.2, 0) is 11.3 Å². The molecule has 1 aliphatic heterocycles. The monoisotopic (exact) mass is 273 g/mol. The van der Waals surface area contributed by atoms with Crippen LogP contribution >= 0.6 is 11.8 Å². The average molecular weight is 273 g/mol. The zero-order valence-corrected chi connectivity index (χ0v) is 10.8. The molecule has 6 heteroatoms. The van der Waals surface area contributed by atoms with Crippen LogP contribution in [0.4, 0.5) is 10.5 Å². The minimum absolute atomic E-state index is 0.157. The molecule has 2 aromatic rings. The first-order valence-electron chi connectivity index (χ1n) is 5.76. The zero-order chi connectivity index (χ0) is 13.4. The number of aromatic nitrogens is 1. The molecule has 2 amide bonds. The van der Waals surface area contributed by atoms with Gasteiger partial charge in [-0.25, -0.2) is 0 Å². The van der Waals surface area contributed by atoms with Crippen molar-refractivity contribution in [1.29, 1.82) is 0 Å². The van der Waals surface area contributed by atoms with E-state index in [9.17, 15) is 9.59 Å². The van der Waals surface area contributed by atoms with Crippen LogP contribution < -0.4 is 5.73 Å². The molecule has 2 N–H and O–H groups in total. The third-order valence-electron chi connectivity index (χ3n) is 3.06. The normalized spacial score (nSPS) is 15.5. The highest BCUT2D eigenvalue weighted by atomic mass is 32.2. The lowest BCUT2D eigenvalue weighted by Gasteiger charge is -2.14. The summed E-state index contributed by atoms with van der Waals surface area (Å²) in [5.41, 5.74) is 8.10. The Morgan fingerprint density at radius 1 is 1.32 bits per heavy atom. The fourth-order valence-corrected chi connectivity index (χ4v) is 2.81. The average Bonchev–Trinajstić information content (AvgIpc) is 2.74. The van der Waals surface area contributed by atoms with E-state index in [1.54, 1.807) is 12.3 Å². The van der Waals surface area contributed by atoms with E-state index in [2.05, 4.69) is 4.98 Å². The van der Waals surface area contributed by atoms with Crippen molar-refractivity contribution in [2.45, 2.75) is 6.54 Å². The topological polar surface area (TPSA) is 76.3 Å². The van der Waals surface area contributed by atoms with Crippen LogP contribution in [0.2, 0.25) is 0 Å². The molecule has 19 heavy (non-hydrogen) atoms. The van der Waals surface area contributed by atoms with Crippen molar-refractivity contribution >= 4 is 39.5 Å². The Morgan fingerprint density at radius 2 is 2.16 bits per heavy atom. The number of pyridine rings is 1. The van der Waals surface area contributed by atoms with Gasteiger partial charge in [-0.3, -0.25) is 19.5 Å². The van der Waals surface area contributed by atoms with E-state index in [1.807, 2.05) is 18.2 Å². The summed E-state index contributed by atoms with van der Waals surface area (Å²) < 4.78 is 0. The van der Waals surface area contributed by atoms with Gasteiger partial charge in [-0.15, -0.1) is 0 Å². The van der Waals surface area contributed by atoms with Gasteiger partial charge in [0.1, 0.15) is 0 Å². The number of hydrogen-bond acceptors (Lipinski definition) is 5. The number of nitrogens with two attached hydrogens (primary N) is 1. The van der Waals surface area contributed by atoms with Gasteiger partial charge in [-0.05, 0) is 23.8 Å². The molecule has 1 aromatic carbocycles. The molecule has 0 spiro atoms. The smallest absolute Gasteiger partial charge is 0.289 e. The molecule has 0 saturated carbocycles. The Morgan fingerprint density at radius 3 is 2.89 bits per heavy atom. The van der Waals surface area contributed by atoms with Crippen molar-refractivity contribution in [3.8, 4) is 0 Å². The summed E-state index contributed by atoms with van der Waals surface area (Å²) in [6.07, 6.45) is 1.67. The first-order chi connectivity index (χ1) is 9.16. The molecule has 1 aromatic heterocycles. The zero-order valence-electron chi connectivity index (χ0n) is 10.00. The van der Waals surface area contributed by atoms with E-state index in [4.69, 9.17) is 5.73 Å². The summed E-state index contributed by atoms with van der Waals surface area (Å²) in [6.45, 7) is 0.248. The summed E-state index contributed by atoms with van der Waals surface area (Å²) in [6, 6.07) is 7.28. The summed E-state index contributed by atoms with van der Waals surface area (Å²) in [4.78, 5) is 28.8. The van der Waals surface area contributed by atoms with E-state index in [-0.39, 0.29) is 23.4 Å². The molecule has 0 bridgehead atoms. The van der Waals surface area contributed by atoms with Crippen molar-refractivity contribution in [3.05, 3.63) is 36.0 Å². The number of nitrogen functional groups attached to an aromatic ring is 1. The molecule has 1 aliphatic rings. The number of carbonyl (C=O) groups is 2. The van der Waals surface area contributed by atoms with Gasteiger partial charge < -0.3 is 5.73 Å². The van der Waals surface area contributed by atoms with Crippen LogP contribution in [0.3, 0.4) is 0 Å². The van der Waals surface area contributed by atoms with E-state index in [1.165, 1.54) is 4.90 Å². The second-order valence-electron chi connectivity index (χ2n) is 4.25. The van der Waals surface area contributed by atoms with Gasteiger partial charge in [0.05, 0.1) is 17.8 Å². The first kappa shape index (κ1) is 12.0. The number of benzene rings is 1. The lowest BCUT2D eigenvalue weighted by atomic mass is 10.1. The summed E-state index contributed by atoms with van der Waals surface area (Å²) in [5.74, 6) is 0.0648. The molecular formula is C13H11N3O2S. The molecule has 1 saturated heterocycles. The van der Waals surface area contributed by atoms with Gasteiger partial charge in [0.2, 0.25) is 5.91 Å². The minimum atomic E-state index is -0.203. The van der Waals surface area contributed by atoms with Gasteiger partial charge >= 0.3 is 0 Å². The number of hydrogen-bond donors (Lipinski definition) is 1. The fourth-order valence-electron chi connectivity index (χ4n) is 2.09. The quantitative estimate of drug-likeness (QED) is 0.847. The van der Waals surface area contributed by atoms with Crippen LogP contribution in [0.25, 0.3) is 10.9 Å². The maximum Gasteiger partial charge on any atom is 0.289 e. The number of fused-ring (bicyclic) bond motifs is 1. The SMILES string of the molecule is Nc1ccc(CN2C(=O)CSC2=O)c2ncccc12. The second kappa shape index (κ2) is 4.55. The lowest BCUT2D eigenvalue weighted by molar-refractivity contribution is -0.124. The van der Waals surface area contributed by atoms with E-state index in [0.29, 0.717) is 5.69 Å². The van der Waals surface area contributed by atoms with Gasteiger partial charge in [0, 0.05) is 17.3 Å². The van der Waals surface area contributed by atoms with Gasteiger partial charge in [-0.1, -0.05) is 17.8 Å². The maximum absolute atomic E-state index is 11.6. The van der Waals surface area contributed by atoms with E-state index in [0.717, 1.165) is 28.2 Å². The Hall–Kier alpha value is -2.08. The molecule has 2 heterocycles. The molecule has 0 atom stereocenters. The van der Waals surface area contributed by atoms with Crippen molar-refractivity contribution in [3.63, 3.8) is 0 Å². The molecule has 0 unspecified atom stereocenters. The van der Waals surface area contributed by atoms with E-state index >= 15 is 0 Å². The highest BCUT2D eigenvalue weighted by molar-refractivity contribution is 8.14. The lowest BCUT2D eigenvalue weighted by Crippen LogP contribution is -2.28. The first-order valence-corrected chi connectivity index (χ1v) is 6.74. The van der Waals surface area contributed by atoms with Crippen molar-refractivity contribution in [1.82, 2.24) is 9.88 Å². The predicted molar refractivity (Wildman–Crippen MR) is 74.6 cm³/mol. The maximum atomic E-state index is 11.6. The molecule has 0 aliphatic carbocycles. The second-order valence-corrected chi connectivity index (χ2v) is 5.17. The summed E-state index contributed by atoms with van der Waals surface area (Å²) in [5, 5.41) is 0.637. The third kappa shape index (κ3) is 2.04. The highest BCUT2D eigenvalue weighted by Crippen LogP contribution is 2.26. The number of imide groups is 1. The van der Waals surface area contributed by atoms with Crippen LogP contribution in [0.1, 0.15) is 5.56 Å². The van der Waals surface area contributed by atoms with Crippen LogP contribution in [-0.4, -0.2) is 26.8 Å². The standard InChI is InChI=1S/C13H11N3O2S/c14-10-4-3-8(12-9(10)2-1-5-15-12)6-16-11(17)7-19-13(16)18/h1-5H,6-7,14H2. The molecule has 0 radical (unpaired) electrons. The number of carbonyl (C=O) groups excluding carboxylic acids is 2. The molecular weight excluding hydrogens is 262 g/mol. The van der Waals surface area contributed by atoms with E-state index < -0.39 is 0 Å². The molecule has 1 fully saturated rings. The Balaban J connectivity index is 2.04. The number of nitrogens with zero attached hydrogens (tertiary/aromatic N) is 2. The number of thioether (sulfide) groups is 1. The molecule has 5 nitrogen and oxygen atoms in total. The highest BCUT2D eigenvalue weighted by Gasteiger charge is 2.30. The largest absolute Gasteiger partial charge is 0.398 e. The summed E-state index contributed by atoms with van der Waals surface area (Å²) >= 11 is 1.03. The van der Waals surface area contributed by atoms with Crippen LogP contribution in [0.5, 0.6) is 0 Å². The van der Waals surface area contributed by atoms with Crippen LogP contribution in [0.15, 0.2) is 30.5 Å². The molecule has 3 rings (SSSR count). The Kier molecular flexibility index (Phi) is 2.87. The third-order valence-corrected chi connectivity index (χ3v) is 3.91. The number of rotatable bonds is 2. The van der Waals surface area contributed by atoms with Crippen LogP contribution in [0, 0.1) is 0 Å². The molecule has 96 valence electrons. The van der Waals surface area contributed by atoms with Gasteiger partial charge in [0.25, 0.3) is 5.24 Å². The van der Waals surface area contributed by atoms with Gasteiger partial charge in [0.15, 0.2) is 0 Å². The number of amides is 2. The number of anilines is 1. The minimum Gasteiger partial charge on any atom is -0.398 e. The van der Waals surface area contributed by atoms with Gasteiger partial charge in [-0.2, -0.15) is 0 Å². The summed E-state index contributed by atoms with van der Waals surface area (Å²) in [7, 11) is 0. The van der Waals surface area contributed by atoms with Crippen molar-refractivity contribution in [2.24, 2.45) is 0 Å². The predicted octanol–water partition coefficient (Wildman–Crippen LogP) is 2.01. The fraction of sp³-hybridized carbons (Fsp3) is 0.154. The van der Waals surface area contributed by atoms with Crippen molar-refractivity contribution < 1.29 is 9.59 Å². The van der Waals surface area contributed by atoms with Crippen molar-refractivity contribution in [2.75, 3.05) is 11.5 Å². The Labute approximate surface area is 113 Å². The Bertz CT molecular complexity index is 671.